The summed E-state index contributed by atoms with van der Waals surface area (Å²) in [6.07, 6.45) is 7.01. The lowest BCUT2D eigenvalue weighted by molar-refractivity contribution is 0.263. The maximum Gasteiger partial charge on any atom is 0.000955 e. The van der Waals surface area contributed by atoms with Crippen molar-refractivity contribution in [2.75, 3.05) is 19.6 Å². The molecule has 0 unspecified atom stereocenters. The fourth-order valence-corrected chi connectivity index (χ4v) is 2.16. The predicted molar refractivity (Wildman–Crippen MR) is 54.4 cm³/mol. The Morgan fingerprint density at radius 3 is 2.33 bits per heavy atom. The summed E-state index contributed by atoms with van der Waals surface area (Å²) in [5, 5.41) is 0. The molecular weight excluding hydrogens is 146 g/mol. The van der Waals surface area contributed by atoms with Crippen molar-refractivity contribution < 1.29 is 0 Å². The van der Waals surface area contributed by atoms with Crippen LogP contribution >= 0.6 is 0 Å². The van der Waals surface area contributed by atoms with Crippen LogP contribution in [0.2, 0.25) is 0 Å². The van der Waals surface area contributed by atoms with Crippen LogP contribution in [0.25, 0.3) is 0 Å². The van der Waals surface area contributed by atoms with Crippen molar-refractivity contribution in [2.45, 2.75) is 46.0 Å². The van der Waals surface area contributed by atoms with Crippen LogP contribution in [0, 0.1) is 5.92 Å². The first-order valence-electron chi connectivity index (χ1n) is 5.59. The lowest BCUT2D eigenvalue weighted by Crippen LogP contribution is -2.26. The molecule has 72 valence electrons. The third kappa shape index (κ3) is 3.14. The van der Waals surface area contributed by atoms with E-state index in [1.165, 1.54) is 51.7 Å². The van der Waals surface area contributed by atoms with Crippen LogP contribution < -0.4 is 0 Å². The van der Waals surface area contributed by atoms with Gasteiger partial charge in [-0.3, -0.25) is 0 Å². The molecule has 0 amide bonds. The Hall–Kier alpha value is -0.0400. The summed E-state index contributed by atoms with van der Waals surface area (Å²) in [5.41, 5.74) is 0. The number of rotatable bonds is 5. The molecule has 12 heavy (non-hydrogen) atoms. The molecule has 0 radical (unpaired) electrons. The number of hydrogen-bond donors (Lipinski definition) is 0. The van der Waals surface area contributed by atoms with Crippen LogP contribution in [-0.4, -0.2) is 24.5 Å². The molecule has 1 aliphatic heterocycles. The van der Waals surface area contributed by atoms with Gasteiger partial charge in [-0.05, 0) is 38.3 Å². The van der Waals surface area contributed by atoms with Crippen LogP contribution in [-0.2, 0) is 0 Å². The van der Waals surface area contributed by atoms with Crippen molar-refractivity contribution in [1.29, 1.82) is 0 Å². The second kappa shape index (κ2) is 5.58. The molecular formula is C11H23N. The van der Waals surface area contributed by atoms with Crippen LogP contribution in [0.15, 0.2) is 0 Å². The van der Waals surface area contributed by atoms with Crippen molar-refractivity contribution in [3.63, 3.8) is 0 Å². The van der Waals surface area contributed by atoms with Gasteiger partial charge in [-0.15, -0.1) is 0 Å². The van der Waals surface area contributed by atoms with E-state index in [4.69, 9.17) is 0 Å². The molecule has 1 saturated heterocycles. The van der Waals surface area contributed by atoms with Crippen molar-refractivity contribution in [2.24, 2.45) is 5.92 Å². The standard InChI is InChI=1S/C11H23N/c1-3-7-11(4-2)10-12-8-5-6-9-12/h11H,3-10H2,1-2H3/t11-/m1/s1. The van der Waals surface area contributed by atoms with E-state index in [9.17, 15) is 0 Å². The van der Waals surface area contributed by atoms with Crippen molar-refractivity contribution >= 4 is 0 Å². The average molecular weight is 169 g/mol. The van der Waals surface area contributed by atoms with Crippen LogP contribution in [0.5, 0.6) is 0 Å². The minimum atomic E-state index is 0.966. The second-order valence-corrected chi connectivity index (χ2v) is 4.07. The van der Waals surface area contributed by atoms with Gasteiger partial charge in [-0.1, -0.05) is 26.7 Å². The largest absolute Gasteiger partial charge is 0.303 e. The monoisotopic (exact) mass is 169 g/mol. The fourth-order valence-electron chi connectivity index (χ4n) is 2.16. The Kier molecular flexibility index (Phi) is 4.67. The Bertz CT molecular complexity index is 106. The van der Waals surface area contributed by atoms with Gasteiger partial charge in [0.15, 0.2) is 0 Å². The first kappa shape index (κ1) is 10.0. The van der Waals surface area contributed by atoms with E-state index in [-0.39, 0.29) is 0 Å². The summed E-state index contributed by atoms with van der Waals surface area (Å²) in [4.78, 5) is 2.64. The number of hydrogen-bond acceptors (Lipinski definition) is 1. The first-order chi connectivity index (χ1) is 5.86. The van der Waals surface area contributed by atoms with Crippen molar-refractivity contribution in [1.82, 2.24) is 4.90 Å². The fraction of sp³-hybridized carbons (Fsp3) is 1.00. The molecule has 1 aliphatic rings. The third-order valence-electron chi connectivity index (χ3n) is 2.99. The van der Waals surface area contributed by atoms with E-state index < -0.39 is 0 Å². The average Bonchev–Trinajstić information content (AvgIpc) is 2.56. The zero-order valence-corrected chi connectivity index (χ0v) is 8.68. The lowest BCUT2D eigenvalue weighted by atomic mass is 10.0. The highest BCUT2D eigenvalue weighted by Crippen LogP contribution is 2.16. The van der Waals surface area contributed by atoms with Crippen LogP contribution in [0.3, 0.4) is 0 Å². The smallest absolute Gasteiger partial charge is 0.000955 e. The van der Waals surface area contributed by atoms with Crippen molar-refractivity contribution in [3.8, 4) is 0 Å². The van der Waals surface area contributed by atoms with Gasteiger partial charge < -0.3 is 4.90 Å². The van der Waals surface area contributed by atoms with Crippen LogP contribution in [0.1, 0.15) is 46.0 Å². The summed E-state index contributed by atoms with van der Waals surface area (Å²) in [7, 11) is 0. The Morgan fingerprint density at radius 2 is 1.83 bits per heavy atom. The highest BCUT2D eigenvalue weighted by molar-refractivity contribution is 4.69. The lowest BCUT2D eigenvalue weighted by Gasteiger charge is -2.21. The third-order valence-corrected chi connectivity index (χ3v) is 2.99. The molecule has 0 aromatic heterocycles. The van der Waals surface area contributed by atoms with Gasteiger partial charge in [-0.2, -0.15) is 0 Å². The van der Waals surface area contributed by atoms with Gasteiger partial charge in [0, 0.05) is 6.54 Å². The quantitative estimate of drug-likeness (QED) is 0.611. The topological polar surface area (TPSA) is 3.24 Å². The number of nitrogens with zero attached hydrogens (tertiary/aromatic N) is 1. The van der Waals surface area contributed by atoms with E-state index >= 15 is 0 Å². The minimum absolute atomic E-state index is 0.966. The van der Waals surface area contributed by atoms with Gasteiger partial charge in [0.05, 0.1) is 0 Å². The zero-order valence-electron chi connectivity index (χ0n) is 8.68. The number of likely N-dealkylation sites (tertiary alicyclic amines) is 1. The molecule has 0 saturated carbocycles. The minimum Gasteiger partial charge on any atom is -0.303 e. The normalized spacial score (nSPS) is 21.5. The maximum atomic E-state index is 2.64. The highest BCUT2D eigenvalue weighted by atomic mass is 15.1. The van der Waals surface area contributed by atoms with Gasteiger partial charge in [0.2, 0.25) is 0 Å². The van der Waals surface area contributed by atoms with Gasteiger partial charge in [0.25, 0.3) is 0 Å². The molecule has 0 N–H and O–H groups in total. The molecule has 1 nitrogen and oxygen atoms in total. The Balaban J connectivity index is 2.16. The van der Waals surface area contributed by atoms with Crippen LogP contribution in [0.4, 0.5) is 0 Å². The maximum absolute atomic E-state index is 2.64. The van der Waals surface area contributed by atoms with Gasteiger partial charge in [-0.25, -0.2) is 0 Å². The van der Waals surface area contributed by atoms with Gasteiger partial charge in [0.1, 0.15) is 0 Å². The first-order valence-corrected chi connectivity index (χ1v) is 5.59. The summed E-state index contributed by atoms with van der Waals surface area (Å²) >= 11 is 0. The predicted octanol–water partition coefficient (Wildman–Crippen LogP) is 2.91. The molecule has 0 spiro atoms. The molecule has 0 aromatic rings. The summed E-state index contributed by atoms with van der Waals surface area (Å²) in [5.74, 6) is 0.966. The highest BCUT2D eigenvalue weighted by Gasteiger charge is 2.15. The molecule has 1 rings (SSSR count). The van der Waals surface area contributed by atoms with Crippen molar-refractivity contribution in [3.05, 3.63) is 0 Å². The molecule has 1 heteroatoms. The zero-order chi connectivity index (χ0) is 8.81. The van der Waals surface area contributed by atoms with E-state index in [0.29, 0.717) is 0 Å². The molecule has 0 aliphatic carbocycles. The van der Waals surface area contributed by atoms with E-state index in [2.05, 4.69) is 18.7 Å². The summed E-state index contributed by atoms with van der Waals surface area (Å²) in [6, 6.07) is 0. The second-order valence-electron chi connectivity index (χ2n) is 4.07. The van der Waals surface area contributed by atoms with E-state index in [1.807, 2.05) is 0 Å². The molecule has 0 bridgehead atoms. The summed E-state index contributed by atoms with van der Waals surface area (Å²) in [6.45, 7) is 8.72. The Labute approximate surface area is 77.1 Å². The summed E-state index contributed by atoms with van der Waals surface area (Å²) < 4.78 is 0. The molecule has 0 aromatic carbocycles. The van der Waals surface area contributed by atoms with E-state index in [1.54, 1.807) is 0 Å². The Morgan fingerprint density at radius 1 is 1.17 bits per heavy atom. The molecule has 1 atom stereocenters. The molecule has 1 heterocycles. The van der Waals surface area contributed by atoms with E-state index in [0.717, 1.165) is 5.92 Å². The molecule has 1 fully saturated rings. The SMILES string of the molecule is CCC[C@@H](CC)CN1CCCC1. The van der Waals surface area contributed by atoms with Gasteiger partial charge >= 0.3 is 0 Å².